The van der Waals surface area contributed by atoms with Crippen molar-refractivity contribution in [3.05, 3.63) is 51.2 Å². The second-order valence-corrected chi connectivity index (χ2v) is 5.38. The molecule has 0 aliphatic heterocycles. The molecule has 0 saturated carbocycles. The quantitative estimate of drug-likeness (QED) is 0.873. The summed E-state index contributed by atoms with van der Waals surface area (Å²) in [5.74, 6) is -1.39. The van der Waals surface area contributed by atoms with Gasteiger partial charge in [0.2, 0.25) is 0 Å². The van der Waals surface area contributed by atoms with Crippen LogP contribution in [0.1, 0.15) is 27.9 Å². The number of hydrogen-bond acceptors (Lipinski definition) is 3. The first kappa shape index (κ1) is 14.9. The summed E-state index contributed by atoms with van der Waals surface area (Å²) >= 11 is 1.41. The van der Waals surface area contributed by atoms with Crippen molar-refractivity contribution in [2.45, 2.75) is 25.6 Å². The summed E-state index contributed by atoms with van der Waals surface area (Å²) in [6.07, 6.45) is -5.69. The molecule has 0 fully saturated rings. The Balaban J connectivity index is 2.19. The third-order valence-electron chi connectivity index (χ3n) is 2.75. The fourth-order valence-corrected chi connectivity index (χ4v) is 2.41. The van der Waals surface area contributed by atoms with Gasteiger partial charge in [0, 0.05) is 11.8 Å². The molecule has 2 nitrogen and oxygen atoms in total. The normalized spacial score (nSPS) is 13.5. The molecule has 0 amide bonds. The molecule has 0 aliphatic rings. The van der Waals surface area contributed by atoms with Crippen molar-refractivity contribution in [3.63, 3.8) is 0 Å². The number of alkyl halides is 3. The van der Waals surface area contributed by atoms with Crippen LogP contribution in [0.15, 0.2) is 23.6 Å². The predicted octanol–water partition coefficient (Wildman–Crippen LogP) is 3.89. The van der Waals surface area contributed by atoms with Crippen LogP contribution in [0.5, 0.6) is 0 Å². The molecule has 1 atom stereocenters. The van der Waals surface area contributed by atoms with Crippen LogP contribution in [-0.4, -0.2) is 10.1 Å². The molecule has 1 aromatic carbocycles. The number of aromatic nitrogens is 1. The Labute approximate surface area is 116 Å². The minimum atomic E-state index is -4.74. The van der Waals surface area contributed by atoms with Gasteiger partial charge in [-0.1, -0.05) is 6.07 Å². The molecule has 108 valence electrons. The number of nitrogens with zero attached hydrogens (tertiary/aromatic N) is 1. The number of rotatable bonds is 3. The van der Waals surface area contributed by atoms with Gasteiger partial charge in [-0.25, -0.2) is 9.37 Å². The van der Waals surface area contributed by atoms with Crippen LogP contribution in [0.2, 0.25) is 0 Å². The molecule has 1 heterocycles. The number of aryl methyl sites for hydroxylation is 1. The van der Waals surface area contributed by atoms with E-state index in [9.17, 15) is 22.7 Å². The predicted molar refractivity (Wildman–Crippen MR) is 66.9 cm³/mol. The number of thiazole rings is 1. The summed E-state index contributed by atoms with van der Waals surface area (Å²) in [4.78, 5) is 4.14. The van der Waals surface area contributed by atoms with Crippen LogP contribution < -0.4 is 0 Å². The lowest BCUT2D eigenvalue weighted by molar-refractivity contribution is -0.140. The lowest BCUT2D eigenvalue weighted by atomic mass is 10.0. The summed E-state index contributed by atoms with van der Waals surface area (Å²) in [5, 5.41) is 12.5. The first-order valence-corrected chi connectivity index (χ1v) is 6.61. The van der Waals surface area contributed by atoms with E-state index in [0.29, 0.717) is 17.8 Å². The smallest absolute Gasteiger partial charge is 0.388 e. The number of benzene rings is 1. The van der Waals surface area contributed by atoms with Crippen LogP contribution >= 0.6 is 11.3 Å². The molecule has 2 aromatic rings. The van der Waals surface area contributed by atoms with Crippen molar-refractivity contribution in [1.29, 1.82) is 0 Å². The zero-order chi connectivity index (χ0) is 14.9. The van der Waals surface area contributed by atoms with Gasteiger partial charge in [-0.2, -0.15) is 13.2 Å². The molecule has 0 bridgehead atoms. The van der Waals surface area contributed by atoms with Crippen molar-refractivity contribution < 1.29 is 22.7 Å². The van der Waals surface area contributed by atoms with Crippen LogP contribution in [0.25, 0.3) is 0 Å². The van der Waals surface area contributed by atoms with Gasteiger partial charge in [0.05, 0.1) is 22.4 Å². The zero-order valence-corrected chi connectivity index (χ0v) is 11.2. The SMILES string of the molecule is Cc1nc(CC(O)c2ccc(C(F)(F)F)c(F)c2)cs1. The minimum Gasteiger partial charge on any atom is -0.388 e. The molecule has 0 aliphatic carbocycles. The van der Waals surface area contributed by atoms with Gasteiger partial charge < -0.3 is 5.11 Å². The summed E-state index contributed by atoms with van der Waals surface area (Å²) in [6.45, 7) is 1.80. The molecule has 1 N–H and O–H groups in total. The van der Waals surface area contributed by atoms with Crippen molar-refractivity contribution >= 4 is 11.3 Å². The maximum atomic E-state index is 13.4. The molecule has 1 aromatic heterocycles. The average Bonchev–Trinajstić information content (AvgIpc) is 2.73. The Bertz CT molecular complexity index is 609. The summed E-state index contributed by atoms with van der Waals surface area (Å²) in [6, 6.07) is 2.43. The molecular weight excluding hydrogens is 294 g/mol. The third kappa shape index (κ3) is 3.34. The summed E-state index contributed by atoms with van der Waals surface area (Å²) in [5.41, 5.74) is -0.612. The van der Waals surface area contributed by atoms with Crippen LogP contribution in [0, 0.1) is 12.7 Å². The van der Waals surface area contributed by atoms with E-state index < -0.39 is 23.7 Å². The summed E-state index contributed by atoms with van der Waals surface area (Å²) < 4.78 is 50.7. The van der Waals surface area contributed by atoms with E-state index in [2.05, 4.69) is 4.98 Å². The van der Waals surface area contributed by atoms with Crippen molar-refractivity contribution in [3.8, 4) is 0 Å². The van der Waals surface area contributed by atoms with Crippen molar-refractivity contribution in [2.75, 3.05) is 0 Å². The van der Waals surface area contributed by atoms with Gasteiger partial charge in [-0.05, 0) is 24.6 Å². The molecule has 0 saturated heterocycles. The lowest BCUT2D eigenvalue weighted by Gasteiger charge is -2.13. The third-order valence-corrected chi connectivity index (χ3v) is 3.57. The summed E-state index contributed by atoms with van der Waals surface area (Å²) in [7, 11) is 0. The lowest BCUT2D eigenvalue weighted by Crippen LogP contribution is -2.10. The van der Waals surface area contributed by atoms with Crippen LogP contribution in [-0.2, 0) is 12.6 Å². The van der Waals surface area contributed by atoms with E-state index >= 15 is 0 Å². The van der Waals surface area contributed by atoms with E-state index in [1.807, 2.05) is 0 Å². The van der Waals surface area contributed by atoms with Gasteiger partial charge in [0.25, 0.3) is 0 Å². The van der Waals surface area contributed by atoms with E-state index in [0.717, 1.165) is 11.1 Å². The van der Waals surface area contributed by atoms with Gasteiger partial charge in [-0.3, -0.25) is 0 Å². The maximum absolute atomic E-state index is 13.4. The second-order valence-electron chi connectivity index (χ2n) is 4.31. The molecule has 2 rings (SSSR count). The Morgan fingerprint density at radius 3 is 2.55 bits per heavy atom. The molecule has 7 heteroatoms. The molecule has 0 radical (unpaired) electrons. The number of halogens is 4. The zero-order valence-electron chi connectivity index (χ0n) is 10.4. The second kappa shape index (κ2) is 5.49. The van der Waals surface area contributed by atoms with Crippen LogP contribution in [0.3, 0.4) is 0 Å². The van der Waals surface area contributed by atoms with E-state index in [-0.39, 0.29) is 12.0 Å². The minimum absolute atomic E-state index is 0.0983. The highest BCUT2D eigenvalue weighted by Crippen LogP contribution is 2.32. The largest absolute Gasteiger partial charge is 0.419 e. The van der Waals surface area contributed by atoms with Crippen LogP contribution in [0.4, 0.5) is 17.6 Å². The molecule has 20 heavy (non-hydrogen) atoms. The number of aliphatic hydroxyl groups is 1. The fraction of sp³-hybridized carbons (Fsp3) is 0.308. The van der Waals surface area contributed by atoms with Gasteiger partial charge in [-0.15, -0.1) is 11.3 Å². The van der Waals surface area contributed by atoms with Crippen molar-refractivity contribution in [1.82, 2.24) is 4.98 Å². The average molecular weight is 305 g/mol. The monoisotopic (exact) mass is 305 g/mol. The Kier molecular flexibility index (Phi) is 4.10. The highest BCUT2D eigenvalue weighted by Gasteiger charge is 2.34. The van der Waals surface area contributed by atoms with Gasteiger partial charge >= 0.3 is 6.18 Å². The highest BCUT2D eigenvalue weighted by atomic mass is 32.1. The molecule has 0 spiro atoms. The van der Waals surface area contributed by atoms with E-state index in [1.54, 1.807) is 12.3 Å². The first-order chi connectivity index (χ1) is 9.27. The van der Waals surface area contributed by atoms with Gasteiger partial charge in [0.15, 0.2) is 0 Å². The van der Waals surface area contributed by atoms with Crippen molar-refractivity contribution in [2.24, 2.45) is 0 Å². The Hall–Kier alpha value is -1.47. The number of aliphatic hydroxyl groups excluding tert-OH is 1. The van der Waals surface area contributed by atoms with Gasteiger partial charge in [0.1, 0.15) is 5.82 Å². The van der Waals surface area contributed by atoms with E-state index in [4.69, 9.17) is 0 Å². The fourth-order valence-electron chi connectivity index (χ4n) is 1.79. The first-order valence-electron chi connectivity index (χ1n) is 5.73. The van der Waals surface area contributed by atoms with E-state index in [1.165, 1.54) is 11.3 Å². The Morgan fingerprint density at radius 1 is 1.35 bits per heavy atom. The molecular formula is C13H11F4NOS. The highest BCUT2D eigenvalue weighted by molar-refractivity contribution is 7.09. The molecule has 1 unspecified atom stereocenters. The Morgan fingerprint density at radius 2 is 2.05 bits per heavy atom. The standard InChI is InChI=1S/C13H11F4NOS/c1-7-18-9(6-20-7)5-12(19)8-2-3-10(11(14)4-8)13(15,16)17/h2-4,6,12,19H,5H2,1H3. The number of hydrogen-bond donors (Lipinski definition) is 1. The maximum Gasteiger partial charge on any atom is 0.419 e. The topological polar surface area (TPSA) is 33.1 Å².